The lowest BCUT2D eigenvalue weighted by Crippen LogP contribution is -2.46. The first kappa shape index (κ1) is 31.1. The number of hydrogen-bond donors (Lipinski definition) is 2. The number of anilines is 2. The van der Waals surface area contributed by atoms with Crippen LogP contribution >= 0.6 is 15.9 Å². The van der Waals surface area contributed by atoms with Crippen molar-refractivity contribution in [3.63, 3.8) is 0 Å². The zero-order valence-corrected chi connectivity index (χ0v) is 28.0. The van der Waals surface area contributed by atoms with Crippen LogP contribution in [0.2, 0.25) is 18.6 Å². The van der Waals surface area contributed by atoms with E-state index in [1.807, 2.05) is 73.6 Å². The van der Waals surface area contributed by atoms with Crippen molar-refractivity contribution in [3.05, 3.63) is 70.0 Å². The van der Waals surface area contributed by atoms with E-state index in [-0.39, 0.29) is 36.0 Å². The van der Waals surface area contributed by atoms with Crippen LogP contribution in [0.3, 0.4) is 0 Å². The zero-order valence-electron chi connectivity index (χ0n) is 25.4. The monoisotopic (exact) mass is 681 g/mol. The van der Waals surface area contributed by atoms with Crippen LogP contribution in [0.1, 0.15) is 49.4 Å². The van der Waals surface area contributed by atoms with Gasteiger partial charge in [-0.05, 0) is 68.3 Å². The summed E-state index contributed by atoms with van der Waals surface area (Å²) < 4.78 is 9.53. The third-order valence-corrected chi connectivity index (χ3v) is 12.4. The Morgan fingerprint density at radius 3 is 2.73 bits per heavy atom. The molecule has 0 bridgehead atoms. The normalized spacial score (nSPS) is 25.4. The van der Waals surface area contributed by atoms with Crippen LogP contribution in [-0.2, 0) is 39.4 Å². The highest BCUT2D eigenvalue weighted by Gasteiger charge is 2.66. The number of fused-ring (bicyclic) bond motifs is 2. The molecule has 3 aliphatic heterocycles. The minimum atomic E-state index is -2.81. The van der Waals surface area contributed by atoms with E-state index in [9.17, 15) is 19.5 Å². The van der Waals surface area contributed by atoms with Crippen molar-refractivity contribution in [1.82, 2.24) is 15.0 Å². The quantitative estimate of drug-likeness (QED) is 0.319. The molecule has 12 heteroatoms. The highest BCUT2D eigenvalue weighted by molar-refractivity contribution is 9.10. The molecule has 2 fully saturated rings. The molecule has 0 radical (unpaired) electrons. The second-order valence-electron chi connectivity index (χ2n) is 12.8. The Morgan fingerprint density at radius 1 is 1.16 bits per heavy atom. The van der Waals surface area contributed by atoms with Crippen LogP contribution in [0, 0.1) is 5.92 Å². The topological polar surface area (TPSA) is 121 Å². The van der Waals surface area contributed by atoms with E-state index >= 15 is 0 Å². The van der Waals surface area contributed by atoms with E-state index in [4.69, 9.17) is 4.74 Å². The molecule has 2 amide bonds. The standard InChI is InChI=1S/C32H40BrN5O5Si/c1-21-30(44(2,3)42)28(12-15-36-20-24(13-16-39)34-35-36)43-32(21)26-18-23(33)10-11-27(26)38(31(32)41)19-22-7-6-8-25(17-22)37-14-5-4-9-29(37)40/h6-8,10-11,17-18,20-21,28,30,39,42H,4-5,9,12-16,19H2,1-3H3/t21-,28+,30-,32+/m0/s1. The number of aliphatic hydroxyl groups is 1. The lowest BCUT2D eigenvalue weighted by molar-refractivity contribution is -0.146. The first-order chi connectivity index (χ1) is 21.0. The number of aromatic nitrogens is 3. The van der Waals surface area contributed by atoms with Gasteiger partial charge in [-0.25, -0.2) is 0 Å². The molecule has 4 atom stereocenters. The Balaban J connectivity index is 1.32. The van der Waals surface area contributed by atoms with E-state index in [0.29, 0.717) is 44.6 Å². The molecule has 0 aliphatic carbocycles. The Hall–Kier alpha value is -2.90. The Bertz CT molecular complexity index is 1560. The van der Waals surface area contributed by atoms with Crippen molar-refractivity contribution in [2.75, 3.05) is 23.0 Å². The van der Waals surface area contributed by atoms with Crippen molar-refractivity contribution in [3.8, 4) is 0 Å². The number of piperidine rings is 1. The van der Waals surface area contributed by atoms with Crippen molar-refractivity contribution >= 4 is 47.4 Å². The minimum Gasteiger partial charge on any atom is -0.432 e. The fourth-order valence-corrected chi connectivity index (χ4v) is 10.5. The summed E-state index contributed by atoms with van der Waals surface area (Å²) in [5.74, 6) is -0.270. The van der Waals surface area contributed by atoms with Crippen LogP contribution in [0.25, 0.3) is 0 Å². The Morgan fingerprint density at radius 2 is 1.98 bits per heavy atom. The summed E-state index contributed by atoms with van der Waals surface area (Å²) in [7, 11) is -2.81. The maximum atomic E-state index is 14.7. The fraction of sp³-hybridized carbons (Fsp3) is 0.500. The Labute approximate surface area is 267 Å². The van der Waals surface area contributed by atoms with Gasteiger partial charge in [-0.1, -0.05) is 40.2 Å². The van der Waals surface area contributed by atoms with Crippen molar-refractivity contribution in [2.24, 2.45) is 5.92 Å². The SMILES string of the molecule is C[C@H]1[C@H]([Si](C)(C)O)[C@@H](CCn2cc(CCO)nn2)O[C@]12C(=O)N(Cc1cccc(N3CCCCC3=O)c1)c1ccc(Br)cc12. The summed E-state index contributed by atoms with van der Waals surface area (Å²) in [6.45, 7) is 7.44. The molecule has 1 aromatic heterocycles. The van der Waals surface area contributed by atoms with Gasteiger partial charge in [0.1, 0.15) is 0 Å². The molecule has 0 saturated carbocycles. The number of halogens is 1. The number of amides is 2. The van der Waals surface area contributed by atoms with Gasteiger partial charge in [-0.15, -0.1) is 5.10 Å². The average molecular weight is 683 g/mol. The van der Waals surface area contributed by atoms with E-state index in [1.54, 1.807) is 9.58 Å². The molecule has 2 saturated heterocycles. The maximum absolute atomic E-state index is 14.7. The number of benzene rings is 2. The van der Waals surface area contributed by atoms with Crippen LogP contribution in [0.5, 0.6) is 0 Å². The van der Waals surface area contributed by atoms with Gasteiger partial charge < -0.3 is 24.4 Å². The van der Waals surface area contributed by atoms with Gasteiger partial charge in [0.05, 0.1) is 24.0 Å². The van der Waals surface area contributed by atoms with Gasteiger partial charge in [-0.3, -0.25) is 14.3 Å². The third-order valence-electron chi connectivity index (χ3n) is 9.43. The van der Waals surface area contributed by atoms with Crippen molar-refractivity contribution in [2.45, 2.75) is 82.5 Å². The summed E-state index contributed by atoms with van der Waals surface area (Å²) >= 11 is 3.63. The largest absolute Gasteiger partial charge is 0.432 e. The number of aliphatic hydroxyl groups excluding tert-OH is 1. The molecule has 234 valence electrons. The maximum Gasteiger partial charge on any atom is 0.264 e. The van der Waals surface area contributed by atoms with Gasteiger partial charge in [0.2, 0.25) is 5.91 Å². The smallest absolute Gasteiger partial charge is 0.264 e. The summed E-state index contributed by atoms with van der Waals surface area (Å²) in [6, 6.07) is 13.8. The number of aryl methyl sites for hydroxylation is 1. The van der Waals surface area contributed by atoms with E-state index < -0.39 is 13.9 Å². The minimum absolute atomic E-state index is 0.00505. The van der Waals surface area contributed by atoms with E-state index in [2.05, 4.69) is 26.2 Å². The average Bonchev–Trinajstić information content (AvgIpc) is 3.62. The lowest BCUT2D eigenvalue weighted by atomic mass is 9.82. The molecule has 0 unspecified atom stereocenters. The van der Waals surface area contributed by atoms with Crippen molar-refractivity contribution < 1.29 is 24.2 Å². The first-order valence-corrected chi connectivity index (χ1v) is 19.3. The fourth-order valence-electron chi connectivity index (χ4n) is 7.50. The highest BCUT2D eigenvalue weighted by Crippen LogP contribution is 2.60. The zero-order chi connectivity index (χ0) is 31.2. The Kier molecular flexibility index (Phi) is 8.57. The summed E-state index contributed by atoms with van der Waals surface area (Å²) in [5, 5.41) is 17.6. The second kappa shape index (κ2) is 12.1. The number of rotatable bonds is 9. The molecule has 2 aromatic carbocycles. The molecule has 3 aliphatic rings. The van der Waals surface area contributed by atoms with Crippen LogP contribution in [0.15, 0.2) is 53.1 Å². The van der Waals surface area contributed by atoms with Crippen molar-refractivity contribution in [1.29, 1.82) is 0 Å². The van der Waals surface area contributed by atoms with E-state index in [1.165, 1.54) is 0 Å². The van der Waals surface area contributed by atoms with Gasteiger partial charge in [0, 0.05) is 65.9 Å². The summed E-state index contributed by atoms with van der Waals surface area (Å²) in [6.07, 6.45) is 4.90. The second-order valence-corrected chi connectivity index (χ2v) is 17.7. The van der Waals surface area contributed by atoms with E-state index in [0.717, 1.165) is 39.8 Å². The molecule has 10 nitrogen and oxygen atoms in total. The third kappa shape index (κ3) is 5.55. The summed E-state index contributed by atoms with van der Waals surface area (Å²) in [4.78, 5) is 42.6. The van der Waals surface area contributed by atoms with Gasteiger partial charge in [-0.2, -0.15) is 0 Å². The molecule has 3 aromatic rings. The molecular weight excluding hydrogens is 642 g/mol. The predicted molar refractivity (Wildman–Crippen MR) is 173 cm³/mol. The van der Waals surface area contributed by atoms with Crippen LogP contribution < -0.4 is 9.80 Å². The van der Waals surface area contributed by atoms with Crippen LogP contribution in [0.4, 0.5) is 11.4 Å². The molecule has 6 rings (SSSR count). The summed E-state index contributed by atoms with van der Waals surface area (Å²) in [5.41, 5.74) is 2.67. The van der Waals surface area contributed by atoms with Gasteiger partial charge in [0.15, 0.2) is 13.9 Å². The molecule has 1 spiro atoms. The number of carbonyl (C=O) groups excluding carboxylic acids is 2. The molecule has 44 heavy (non-hydrogen) atoms. The van der Waals surface area contributed by atoms with Crippen LogP contribution in [-0.4, -0.2) is 64.3 Å². The molecule has 2 N–H and O–H groups in total. The molecule has 4 heterocycles. The lowest BCUT2D eigenvalue weighted by Gasteiger charge is -2.32. The van der Waals surface area contributed by atoms with Gasteiger partial charge >= 0.3 is 0 Å². The predicted octanol–water partition coefficient (Wildman–Crippen LogP) is 4.53. The van der Waals surface area contributed by atoms with Gasteiger partial charge in [0.25, 0.3) is 5.91 Å². The number of hydrogen-bond acceptors (Lipinski definition) is 7. The highest BCUT2D eigenvalue weighted by atomic mass is 79.9. The molecular formula is C32H40BrN5O5Si. The number of ether oxygens (including phenoxy) is 1. The number of nitrogens with zero attached hydrogens (tertiary/aromatic N) is 5. The first-order valence-electron chi connectivity index (χ1n) is 15.4. The number of carbonyl (C=O) groups is 2.